The summed E-state index contributed by atoms with van der Waals surface area (Å²) in [6.45, 7) is 14.5. The quantitative estimate of drug-likeness (QED) is 0.0603. The SMILES string of the molecule is CO.CSC(=S)S.Cc1ccsc1-c1ccc(-c2ccc(-c3sc(COC(=O)CCC(C)(C#N)C(C)(C)CC(C=O)C(C)C)cc3C)s2)s1. The Morgan fingerprint density at radius 1 is 1.02 bits per heavy atom. The fraction of sp³-hybridized carbons (Fsp3) is 0.459. The molecule has 49 heavy (non-hydrogen) atoms. The molecule has 4 rings (SSSR count). The number of hydrogen-bond donors (Lipinski definition) is 2. The zero-order valence-electron chi connectivity index (χ0n) is 29.6. The van der Waals surface area contributed by atoms with Crippen LogP contribution in [-0.4, -0.2) is 34.3 Å². The normalized spacial score (nSPS) is 12.9. The summed E-state index contributed by atoms with van der Waals surface area (Å²) in [7, 11) is 1.00. The Labute approximate surface area is 323 Å². The highest BCUT2D eigenvalue weighted by Gasteiger charge is 2.43. The number of thiophene rings is 4. The second-order valence-corrected chi connectivity index (χ2v) is 19.4. The predicted molar refractivity (Wildman–Crippen MR) is 223 cm³/mol. The van der Waals surface area contributed by atoms with Crippen molar-refractivity contribution >= 4 is 97.7 Å². The zero-order chi connectivity index (χ0) is 36.9. The van der Waals surface area contributed by atoms with Crippen molar-refractivity contribution in [1.82, 2.24) is 0 Å². The number of aryl methyl sites for hydroxylation is 2. The number of rotatable bonds is 13. The van der Waals surface area contributed by atoms with E-state index in [2.05, 4.69) is 86.5 Å². The van der Waals surface area contributed by atoms with E-state index < -0.39 is 10.8 Å². The Bertz CT molecular complexity index is 1700. The summed E-state index contributed by atoms with van der Waals surface area (Å²) in [4.78, 5) is 33.0. The molecule has 0 amide bonds. The van der Waals surface area contributed by atoms with Crippen LogP contribution in [0.25, 0.3) is 29.3 Å². The van der Waals surface area contributed by atoms with Crippen LogP contribution in [0.1, 0.15) is 69.9 Å². The second kappa shape index (κ2) is 20.3. The third kappa shape index (κ3) is 12.1. The van der Waals surface area contributed by atoms with Crippen molar-refractivity contribution in [3.8, 4) is 35.3 Å². The number of nitrogens with zero attached hydrogens (tertiary/aromatic N) is 1. The largest absolute Gasteiger partial charge is 0.460 e. The molecule has 0 aromatic carbocycles. The lowest BCUT2D eigenvalue weighted by atomic mass is 9.61. The molecule has 12 heteroatoms. The Kier molecular flexibility index (Phi) is 17.9. The average Bonchev–Trinajstić information content (AvgIpc) is 3.89. The highest BCUT2D eigenvalue weighted by molar-refractivity contribution is 8.41. The topological polar surface area (TPSA) is 87.4 Å². The number of carbonyl (C=O) groups is 2. The molecule has 5 nitrogen and oxygen atoms in total. The van der Waals surface area contributed by atoms with Crippen LogP contribution >= 0.6 is 82.0 Å². The van der Waals surface area contributed by atoms with E-state index in [4.69, 9.17) is 9.84 Å². The molecule has 4 aromatic heterocycles. The number of thiol groups is 1. The number of aliphatic hydroxyl groups excluding tert-OH is 1. The summed E-state index contributed by atoms with van der Waals surface area (Å²) in [5.74, 6) is -0.212. The number of aliphatic hydroxyl groups is 1. The second-order valence-electron chi connectivity index (χ2n) is 12.7. The van der Waals surface area contributed by atoms with Crippen LogP contribution in [0.4, 0.5) is 0 Å². The van der Waals surface area contributed by atoms with Crippen LogP contribution in [0.15, 0.2) is 41.8 Å². The lowest BCUT2D eigenvalue weighted by Gasteiger charge is -2.41. The molecule has 0 aliphatic heterocycles. The van der Waals surface area contributed by atoms with Gasteiger partial charge in [0.1, 0.15) is 16.4 Å². The third-order valence-electron chi connectivity index (χ3n) is 8.63. The van der Waals surface area contributed by atoms with E-state index in [0.29, 0.717) is 16.4 Å². The van der Waals surface area contributed by atoms with Gasteiger partial charge < -0.3 is 14.6 Å². The summed E-state index contributed by atoms with van der Waals surface area (Å²) in [5.41, 5.74) is 1.32. The molecule has 4 aromatic rings. The van der Waals surface area contributed by atoms with E-state index in [0.717, 1.165) is 18.3 Å². The molecule has 2 atom stereocenters. The standard InChI is InChI=1S/C34H39NO3S4.C2H4S3.CH4O/c1-21(2)24(18-36)17-33(5,6)34(7,20-35)14-12-30(37)38-19-25-16-23(4)32(40-25)29-11-9-27(42-29)26-8-10-28(41-26)31-22(3)13-15-39-31;1-5-2(3)4;1-2/h8-11,13,15-16,18,21,24H,12,14,17,19H2,1-7H3;1H3,(H,3,4);2H,1H3. The lowest BCUT2D eigenvalue weighted by molar-refractivity contribution is -0.145. The lowest BCUT2D eigenvalue weighted by Crippen LogP contribution is -2.37. The number of thiocarbonyl (C=S) groups is 1. The van der Waals surface area contributed by atoms with Gasteiger partial charge in [-0.15, -0.1) is 69.7 Å². The highest BCUT2D eigenvalue weighted by atomic mass is 32.2. The van der Waals surface area contributed by atoms with Gasteiger partial charge in [-0.1, -0.05) is 39.9 Å². The molecule has 2 unspecified atom stereocenters. The Hall–Kier alpha value is -1.82. The van der Waals surface area contributed by atoms with Gasteiger partial charge in [0.05, 0.1) is 11.5 Å². The monoisotopic (exact) mass is 793 g/mol. The first-order valence-corrected chi connectivity index (χ1v) is 21.1. The molecule has 4 heterocycles. The first-order chi connectivity index (χ1) is 23.1. The fourth-order valence-electron chi connectivity index (χ4n) is 5.05. The molecule has 1 N–H and O–H groups in total. The van der Waals surface area contributed by atoms with Crippen LogP contribution in [0.2, 0.25) is 0 Å². The van der Waals surface area contributed by atoms with E-state index >= 15 is 0 Å². The van der Waals surface area contributed by atoms with Crippen molar-refractivity contribution in [1.29, 1.82) is 5.26 Å². The Morgan fingerprint density at radius 2 is 1.57 bits per heavy atom. The molecular weight excluding hydrogens is 747 g/mol. The van der Waals surface area contributed by atoms with Crippen molar-refractivity contribution in [2.24, 2.45) is 22.7 Å². The summed E-state index contributed by atoms with van der Waals surface area (Å²) >= 11 is 16.9. The number of nitriles is 1. The van der Waals surface area contributed by atoms with Crippen LogP contribution in [-0.2, 0) is 20.9 Å². The highest BCUT2D eigenvalue weighted by Crippen LogP contribution is 2.47. The molecular formula is C37H47NO4S7. The minimum absolute atomic E-state index is 0.117. The van der Waals surface area contributed by atoms with Crippen LogP contribution in [0, 0.1) is 47.8 Å². The number of esters is 1. The minimum Gasteiger partial charge on any atom is -0.460 e. The fourth-order valence-corrected chi connectivity index (χ4v) is 9.53. The number of aldehydes is 1. The molecule has 0 radical (unpaired) electrons. The molecule has 0 fully saturated rings. The first kappa shape index (κ1) is 43.3. The predicted octanol–water partition coefficient (Wildman–Crippen LogP) is 12.0. The minimum atomic E-state index is -0.752. The van der Waals surface area contributed by atoms with Gasteiger partial charge in [0, 0.05) is 53.6 Å². The molecule has 266 valence electrons. The van der Waals surface area contributed by atoms with Crippen LogP contribution in [0.5, 0.6) is 0 Å². The van der Waals surface area contributed by atoms with Crippen molar-refractivity contribution in [2.45, 2.75) is 74.3 Å². The van der Waals surface area contributed by atoms with E-state index in [-0.39, 0.29) is 30.8 Å². The molecule has 0 saturated carbocycles. The molecule has 0 spiro atoms. The smallest absolute Gasteiger partial charge is 0.306 e. The first-order valence-electron chi connectivity index (χ1n) is 15.7. The summed E-state index contributed by atoms with van der Waals surface area (Å²) in [6, 6.07) is 15.5. The summed E-state index contributed by atoms with van der Waals surface area (Å²) in [6.07, 6.45) is 4.06. The number of thioether (sulfide) groups is 1. The van der Waals surface area contributed by atoms with E-state index in [1.54, 1.807) is 34.0 Å². The molecule has 0 aliphatic carbocycles. The van der Waals surface area contributed by atoms with Gasteiger partial charge in [0.25, 0.3) is 0 Å². The van der Waals surface area contributed by atoms with Gasteiger partial charge in [0.15, 0.2) is 0 Å². The summed E-state index contributed by atoms with van der Waals surface area (Å²) in [5, 5.41) is 19.2. The third-order valence-corrected chi connectivity index (χ3v) is 15.0. The maximum Gasteiger partial charge on any atom is 0.306 e. The zero-order valence-corrected chi connectivity index (χ0v) is 35.4. The average molecular weight is 794 g/mol. The Morgan fingerprint density at radius 3 is 2.04 bits per heavy atom. The molecule has 0 saturated heterocycles. The van der Waals surface area contributed by atoms with Gasteiger partial charge in [-0.05, 0) is 104 Å². The van der Waals surface area contributed by atoms with Gasteiger partial charge in [-0.2, -0.15) is 5.26 Å². The molecule has 0 bridgehead atoms. The van der Waals surface area contributed by atoms with Crippen molar-refractivity contribution in [2.75, 3.05) is 13.4 Å². The van der Waals surface area contributed by atoms with E-state index in [9.17, 15) is 14.9 Å². The van der Waals surface area contributed by atoms with Gasteiger partial charge in [0.2, 0.25) is 0 Å². The van der Waals surface area contributed by atoms with Crippen LogP contribution < -0.4 is 0 Å². The van der Waals surface area contributed by atoms with Gasteiger partial charge >= 0.3 is 5.97 Å². The van der Waals surface area contributed by atoms with Crippen molar-refractivity contribution in [3.63, 3.8) is 0 Å². The van der Waals surface area contributed by atoms with E-state index in [1.807, 2.05) is 52.2 Å². The molecule has 0 aliphatic rings. The van der Waals surface area contributed by atoms with Crippen molar-refractivity contribution in [3.05, 3.63) is 57.8 Å². The summed E-state index contributed by atoms with van der Waals surface area (Å²) < 4.78 is 6.36. The van der Waals surface area contributed by atoms with E-state index in [1.165, 1.54) is 52.2 Å². The maximum atomic E-state index is 12.7. The maximum absolute atomic E-state index is 12.7. The Balaban J connectivity index is 0.00000109. The number of carbonyl (C=O) groups excluding carboxylic acids is 2. The number of hydrogen-bond acceptors (Lipinski definition) is 11. The van der Waals surface area contributed by atoms with Crippen molar-refractivity contribution < 1.29 is 19.4 Å². The van der Waals surface area contributed by atoms with Gasteiger partial charge in [-0.3, -0.25) is 4.79 Å². The van der Waals surface area contributed by atoms with Crippen LogP contribution in [0.3, 0.4) is 0 Å². The number of ether oxygens (including phenoxy) is 1. The van der Waals surface area contributed by atoms with Gasteiger partial charge in [-0.25, -0.2) is 0 Å².